The highest BCUT2D eigenvalue weighted by atomic mass is 127. The average molecular weight is 682 g/mol. The lowest BCUT2D eigenvalue weighted by molar-refractivity contribution is -0.597. The Hall–Kier alpha value is -2.25. The third-order valence-corrected chi connectivity index (χ3v) is 10.3. The Morgan fingerprint density at radius 3 is 2.39 bits per heavy atom. The Kier molecular flexibility index (Phi) is 10.9. The summed E-state index contributed by atoms with van der Waals surface area (Å²) in [4.78, 5) is 24.3. The van der Waals surface area contributed by atoms with Crippen LogP contribution in [0, 0.1) is 20.0 Å². The van der Waals surface area contributed by atoms with Crippen LogP contribution in [0.15, 0.2) is 48.5 Å². The number of benzene rings is 2. The van der Waals surface area contributed by atoms with E-state index >= 15 is 0 Å². The van der Waals surface area contributed by atoms with E-state index in [0.29, 0.717) is 49.6 Å². The molecule has 10 heteroatoms. The van der Waals surface area contributed by atoms with Gasteiger partial charge in [-0.1, -0.05) is 17.7 Å². The second kappa shape index (κ2) is 14.8. The first-order valence-electron chi connectivity index (χ1n) is 14.2. The third kappa shape index (κ3) is 9.64. The number of fused-ring (bicyclic) bond motifs is 1. The molecule has 1 heterocycles. The molecule has 2 aromatic rings. The summed E-state index contributed by atoms with van der Waals surface area (Å²) in [5.74, 6) is 0.128. The van der Waals surface area contributed by atoms with Crippen molar-refractivity contribution in [2.75, 3.05) is 20.2 Å². The topological polar surface area (TPSA) is 113 Å². The maximum atomic E-state index is 12.3. The number of halogens is 1. The van der Waals surface area contributed by atoms with Gasteiger partial charge in [0.05, 0.1) is 24.4 Å². The van der Waals surface area contributed by atoms with Gasteiger partial charge in [0.1, 0.15) is 11.9 Å². The first-order chi connectivity index (χ1) is 19.9. The van der Waals surface area contributed by atoms with Crippen molar-refractivity contribution in [3.63, 3.8) is 0 Å². The molecule has 1 aliphatic heterocycles. The Bertz CT molecular complexity index is 1140. The molecule has 222 valence electrons. The highest BCUT2D eigenvalue weighted by Gasteiger charge is 2.44. The van der Waals surface area contributed by atoms with E-state index in [1.165, 1.54) is 12.7 Å². The van der Waals surface area contributed by atoms with Gasteiger partial charge in [-0.05, 0) is 81.3 Å². The molecule has 3 fully saturated rings. The fourth-order valence-corrected chi connectivity index (χ4v) is 7.44. The van der Waals surface area contributed by atoms with Crippen molar-refractivity contribution in [2.45, 2.75) is 82.4 Å². The number of carbonyl (C=O) groups excluding carboxylic acids is 2. The highest BCUT2D eigenvalue weighted by molar-refractivity contribution is 5.71. The van der Waals surface area contributed by atoms with Crippen LogP contribution >= 0.6 is 0 Å². The van der Waals surface area contributed by atoms with Crippen LogP contribution in [0.4, 0.5) is 0 Å². The molecule has 2 aromatic carbocycles. The standard InChI is InChI=1S/C31H38IO9/c1-20-2-5-22(6-3-20)32-23-7-9-24(10-8-23)37-17-31(35)41-27-13-11-25(16-26(27)33)38-18-36-19-39-30(34)15-21-4-12-28-29(14-21)40-28/h2-3,5-10,21,25-29,33H,4,11-19H2,1H3/q+1. The molecule has 2 saturated carbocycles. The Morgan fingerprint density at radius 1 is 0.902 bits per heavy atom. The summed E-state index contributed by atoms with van der Waals surface area (Å²) in [5.41, 5.74) is 1.25. The highest BCUT2D eigenvalue weighted by Crippen LogP contribution is 2.40. The van der Waals surface area contributed by atoms with Crippen molar-refractivity contribution >= 4 is 11.9 Å². The van der Waals surface area contributed by atoms with Crippen LogP contribution in [0.25, 0.3) is 0 Å². The molecule has 5 rings (SSSR count). The maximum absolute atomic E-state index is 12.3. The number of epoxide rings is 1. The summed E-state index contributed by atoms with van der Waals surface area (Å²) >= 11 is -0.270. The van der Waals surface area contributed by atoms with Gasteiger partial charge in [0.15, 0.2) is 27.3 Å². The van der Waals surface area contributed by atoms with Gasteiger partial charge in [0.2, 0.25) is 0 Å². The van der Waals surface area contributed by atoms with Crippen LogP contribution in [0.3, 0.4) is 0 Å². The van der Waals surface area contributed by atoms with E-state index in [1.54, 1.807) is 0 Å². The Balaban J connectivity index is 0.915. The van der Waals surface area contributed by atoms with E-state index in [0.717, 1.165) is 19.3 Å². The van der Waals surface area contributed by atoms with Crippen molar-refractivity contribution in [2.24, 2.45) is 5.92 Å². The summed E-state index contributed by atoms with van der Waals surface area (Å²) in [7, 11) is 0. The normalized spacial score (nSPS) is 27.0. The molecular formula is C31H38IO9+. The van der Waals surface area contributed by atoms with Crippen molar-refractivity contribution < 1.29 is 64.3 Å². The molecular weight excluding hydrogens is 643 g/mol. The van der Waals surface area contributed by atoms with Crippen molar-refractivity contribution in [1.82, 2.24) is 0 Å². The zero-order valence-corrected chi connectivity index (χ0v) is 25.4. The van der Waals surface area contributed by atoms with Gasteiger partial charge in [-0.25, -0.2) is 4.79 Å². The molecule has 0 aromatic heterocycles. The molecule has 0 amide bonds. The summed E-state index contributed by atoms with van der Waals surface area (Å²) in [6, 6.07) is 16.4. The first-order valence-corrected chi connectivity index (χ1v) is 16.4. The molecule has 6 atom stereocenters. The summed E-state index contributed by atoms with van der Waals surface area (Å²) in [6.45, 7) is 1.64. The largest absolute Gasteiger partial charge is 0.482 e. The van der Waals surface area contributed by atoms with Gasteiger partial charge in [-0.3, -0.25) is 4.79 Å². The van der Waals surface area contributed by atoms with Gasteiger partial charge in [-0.15, -0.1) is 0 Å². The minimum atomic E-state index is -0.842. The predicted molar refractivity (Wildman–Crippen MR) is 143 cm³/mol. The zero-order valence-electron chi connectivity index (χ0n) is 23.2. The molecule has 9 nitrogen and oxygen atoms in total. The van der Waals surface area contributed by atoms with E-state index in [9.17, 15) is 14.7 Å². The van der Waals surface area contributed by atoms with Crippen LogP contribution in [-0.2, 0) is 33.3 Å². The number of esters is 2. The number of ether oxygens (including phenoxy) is 6. The number of aryl methyl sites for hydroxylation is 1. The lowest BCUT2D eigenvalue weighted by atomic mass is 9.87. The lowest BCUT2D eigenvalue weighted by Crippen LogP contribution is -3.61. The molecule has 41 heavy (non-hydrogen) atoms. The molecule has 1 saturated heterocycles. The van der Waals surface area contributed by atoms with E-state index in [4.69, 9.17) is 28.4 Å². The molecule has 0 spiro atoms. The van der Waals surface area contributed by atoms with Crippen molar-refractivity contribution in [3.8, 4) is 5.75 Å². The number of carbonyl (C=O) groups is 2. The van der Waals surface area contributed by atoms with E-state index < -0.39 is 18.2 Å². The van der Waals surface area contributed by atoms with Crippen LogP contribution in [0.5, 0.6) is 5.75 Å². The lowest BCUT2D eigenvalue weighted by Gasteiger charge is -2.32. The summed E-state index contributed by atoms with van der Waals surface area (Å²) in [5, 5.41) is 10.5. The average Bonchev–Trinajstić information content (AvgIpc) is 3.74. The van der Waals surface area contributed by atoms with Crippen molar-refractivity contribution in [1.29, 1.82) is 0 Å². The molecule has 6 unspecified atom stereocenters. The van der Waals surface area contributed by atoms with Crippen LogP contribution in [0.1, 0.15) is 50.5 Å². The SMILES string of the molecule is Cc1ccc([I+]c2ccc(OCC(=O)OC3CCC(OCOCOC(=O)CC4CCC5OC5C4)CC3O)cc2)cc1. The van der Waals surface area contributed by atoms with Gasteiger partial charge in [0.25, 0.3) is 0 Å². The monoisotopic (exact) mass is 681 g/mol. The third-order valence-electron chi connectivity index (χ3n) is 7.65. The van der Waals surface area contributed by atoms with Gasteiger partial charge in [-0.2, -0.15) is 0 Å². The number of hydrogen-bond acceptors (Lipinski definition) is 9. The fraction of sp³-hybridized carbons (Fsp3) is 0.548. The van der Waals surface area contributed by atoms with E-state index in [1.807, 2.05) is 24.3 Å². The molecule has 2 aliphatic carbocycles. The van der Waals surface area contributed by atoms with Crippen LogP contribution in [-0.4, -0.2) is 67.8 Å². The fourth-order valence-electron chi connectivity index (χ4n) is 5.28. The van der Waals surface area contributed by atoms with Crippen molar-refractivity contribution in [3.05, 3.63) is 61.2 Å². The van der Waals surface area contributed by atoms with Gasteiger partial charge >= 0.3 is 33.1 Å². The number of rotatable bonds is 13. The second-order valence-electron chi connectivity index (χ2n) is 10.9. The minimum Gasteiger partial charge on any atom is -0.482 e. The number of aliphatic hydroxyl groups is 1. The Morgan fingerprint density at radius 2 is 1.66 bits per heavy atom. The molecule has 0 radical (unpaired) electrons. The van der Waals surface area contributed by atoms with E-state index in [-0.39, 0.29) is 53.5 Å². The smallest absolute Gasteiger partial charge is 0.357 e. The van der Waals surface area contributed by atoms with Crippen LogP contribution < -0.4 is 25.9 Å². The van der Waals surface area contributed by atoms with E-state index in [2.05, 4.69) is 31.2 Å². The molecule has 3 aliphatic rings. The summed E-state index contributed by atoms with van der Waals surface area (Å²) in [6.07, 6.45) is 3.82. The van der Waals surface area contributed by atoms with Crippen LogP contribution in [0.2, 0.25) is 0 Å². The maximum Gasteiger partial charge on any atom is 0.357 e. The Labute approximate surface area is 251 Å². The summed E-state index contributed by atoms with van der Waals surface area (Å²) < 4.78 is 35.3. The van der Waals surface area contributed by atoms with Gasteiger partial charge < -0.3 is 33.5 Å². The molecule has 0 bridgehead atoms. The quantitative estimate of drug-likeness (QED) is 0.108. The second-order valence-corrected chi connectivity index (χ2v) is 13.9. The number of hydrogen-bond donors (Lipinski definition) is 1. The van der Waals surface area contributed by atoms with Gasteiger partial charge in [0, 0.05) is 12.8 Å². The molecule has 1 N–H and O–H groups in total. The number of aliphatic hydroxyl groups excluding tert-OH is 1. The predicted octanol–water partition coefficient (Wildman–Crippen LogP) is 0.776. The first kappa shape index (κ1) is 30.2. The zero-order chi connectivity index (χ0) is 28.6. The minimum absolute atomic E-state index is 0.0459.